The van der Waals surface area contributed by atoms with E-state index in [4.69, 9.17) is 9.47 Å². The van der Waals surface area contributed by atoms with Crippen LogP contribution in [0.2, 0.25) is 0 Å². The lowest BCUT2D eigenvalue weighted by Gasteiger charge is -2.09. The van der Waals surface area contributed by atoms with E-state index in [1.54, 1.807) is 20.2 Å². The van der Waals surface area contributed by atoms with Crippen molar-refractivity contribution in [1.82, 2.24) is 9.97 Å². The number of aromatic amines is 1. The highest BCUT2D eigenvalue weighted by molar-refractivity contribution is 9.10. The van der Waals surface area contributed by atoms with E-state index >= 15 is 0 Å². The maximum Gasteiger partial charge on any atom is 0.357 e. The van der Waals surface area contributed by atoms with Crippen LogP contribution >= 0.6 is 15.9 Å². The Bertz CT molecular complexity index is 857. The summed E-state index contributed by atoms with van der Waals surface area (Å²) in [7, 11) is 1.60. The van der Waals surface area contributed by atoms with Gasteiger partial charge in [0.25, 0.3) is 0 Å². The van der Waals surface area contributed by atoms with Gasteiger partial charge in [0, 0.05) is 33.4 Å². The van der Waals surface area contributed by atoms with Crippen molar-refractivity contribution in [2.45, 2.75) is 13.5 Å². The number of nitrogens with zero attached hydrogens (tertiary/aromatic N) is 1. The van der Waals surface area contributed by atoms with Crippen LogP contribution in [0.25, 0.3) is 21.8 Å². The Balaban J connectivity index is 2.34. The van der Waals surface area contributed by atoms with Crippen molar-refractivity contribution in [2.24, 2.45) is 0 Å². The Kier molecular flexibility index (Phi) is 4.13. The first-order chi connectivity index (χ1) is 10.7. The Morgan fingerprint density at radius 2 is 2.18 bits per heavy atom. The molecule has 114 valence electrons. The number of benzene rings is 1. The first-order valence-electron chi connectivity index (χ1n) is 6.90. The number of carbonyl (C=O) groups is 1. The number of hydrogen-bond acceptors (Lipinski definition) is 4. The molecule has 0 bridgehead atoms. The molecule has 22 heavy (non-hydrogen) atoms. The Hall–Kier alpha value is -1.92. The van der Waals surface area contributed by atoms with E-state index in [1.165, 1.54) is 0 Å². The molecule has 6 heteroatoms. The normalized spacial score (nSPS) is 11.2. The molecule has 2 heterocycles. The van der Waals surface area contributed by atoms with Gasteiger partial charge in [-0.05, 0) is 25.1 Å². The number of nitrogens with one attached hydrogen (secondary N) is 1. The van der Waals surface area contributed by atoms with Gasteiger partial charge in [-0.2, -0.15) is 0 Å². The summed E-state index contributed by atoms with van der Waals surface area (Å²) in [5.74, 6) is -0.430. The molecule has 0 aliphatic heterocycles. The summed E-state index contributed by atoms with van der Waals surface area (Å²) in [6.45, 7) is 2.37. The van der Waals surface area contributed by atoms with Crippen molar-refractivity contribution in [3.63, 3.8) is 0 Å². The van der Waals surface area contributed by atoms with E-state index in [1.807, 2.05) is 18.2 Å². The minimum atomic E-state index is -0.430. The monoisotopic (exact) mass is 362 g/mol. The predicted octanol–water partition coefficient (Wildman–Crippen LogP) is 3.80. The molecule has 0 fully saturated rings. The van der Waals surface area contributed by atoms with E-state index in [2.05, 4.69) is 25.9 Å². The molecule has 5 nitrogen and oxygen atoms in total. The number of H-pyrrole nitrogens is 1. The fourth-order valence-electron chi connectivity index (χ4n) is 2.59. The summed E-state index contributed by atoms with van der Waals surface area (Å²) < 4.78 is 11.4. The molecule has 0 atom stereocenters. The van der Waals surface area contributed by atoms with E-state index in [0.717, 1.165) is 31.8 Å². The number of methoxy groups -OCH3 is 1. The first kappa shape index (κ1) is 15.0. The third kappa shape index (κ3) is 2.48. The van der Waals surface area contributed by atoms with Crippen molar-refractivity contribution >= 4 is 43.7 Å². The smallest absolute Gasteiger partial charge is 0.357 e. The summed E-state index contributed by atoms with van der Waals surface area (Å²) in [6, 6.07) is 5.97. The van der Waals surface area contributed by atoms with Gasteiger partial charge >= 0.3 is 5.97 Å². The van der Waals surface area contributed by atoms with Gasteiger partial charge in [0.2, 0.25) is 0 Å². The standard InChI is InChI=1S/C16H15BrN2O3/c1-3-22-16(20)15-11(8-21-2)14-10-6-9(17)4-5-12(10)19-13(14)7-18-15/h4-7,19H,3,8H2,1-2H3. The number of aromatic nitrogens is 2. The average molecular weight is 363 g/mol. The van der Waals surface area contributed by atoms with Crippen LogP contribution in [0.4, 0.5) is 0 Å². The molecule has 1 N–H and O–H groups in total. The number of pyridine rings is 1. The third-order valence-corrected chi connectivity index (χ3v) is 3.95. The minimum absolute atomic E-state index is 0.290. The highest BCUT2D eigenvalue weighted by atomic mass is 79.9. The van der Waals surface area contributed by atoms with Crippen LogP contribution in [0, 0.1) is 0 Å². The first-order valence-corrected chi connectivity index (χ1v) is 7.70. The van der Waals surface area contributed by atoms with Crippen molar-refractivity contribution in [3.8, 4) is 0 Å². The van der Waals surface area contributed by atoms with Gasteiger partial charge in [-0.15, -0.1) is 0 Å². The zero-order chi connectivity index (χ0) is 15.7. The molecule has 2 aromatic heterocycles. The van der Waals surface area contributed by atoms with E-state index in [9.17, 15) is 4.79 Å². The number of hydrogen-bond donors (Lipinski definition) is 1. The maximum absolute atomic E-state index is 12.1. The van der Waals surface area contributed by atoms with Gasteiger partial charge in [-0.3, -0.25) is 0 Å². The molecule has 3 rings (SSSR count). The second kappa shape index (κ2) is 6.06. The van der Waals surface area contributed by atoms with Crippen LogP contribution in [0.5, 0.6) is 0 Å². The number of halogens is 1. The molecule has 0 aliphatic carbocycles. The van der Waals surface area contributed by atoms with Gasteiger partial charge < -0.3 is 14.5 Å². The molecular formula is C16H15BrN2O3. The van der Waals surface area contributed by atoms with Gasteiger partial charge in [-0.25, -0.2) is 9.78 Å². The van der Waals surface area contributed by atoms with Gasteiger partial charge in [0.05, 0.1) is 24.9 Å². The van der Waals surface area contributed by atoms with Crippen LogP contribution in [-0.4, -0.2) is 29.7 Å². The zero-order valence-electron chi connectivity index (χ0n) is 12.3. The van der Waals surface area contributed by atoms with Crippen LogP contribution in [-0.2, 0) is 16.1 Å². The highest BCUT2D eigenvalue weighted by Gasteiger charge is 2.20. The SMILES string of the molecule is CCOC(=O)c1ncc2[nH]c3ccc(Br)cc3c2c1COC. The minimum Gasteiger partial charge on any atom is -0.461 e. The molecule has 0 aliphatic rings. The maximum atomic E-state index is 12.1. The third-order valence-electron chi connectivity index (χ3n) is 3.46. The van der Waals surface area contributed by atoms with Crippen molar-refractivity contribution in [3.05, 3.63) is 40.1 Å². The average Bonchev–Trinajstić information content (AvgIpc) is 2.86. The Labute approximate surface area is 135 Å². The van der Waals surface area contributed by atoms with Crippen LogP contribution < -0.4 is 0 Å². The fourth-order valence-corrected chi connectivity index (χ4v) is 2.95. The molecule has 0 unspecified atom stereocenters. The van der Waals surface area contributed by atoms with Crippen LogP contribution in [0.1, 0.15) is 23.0 Å². The lowest BCUT2D eigenvalue weighted by molar-refractivity contribution is 0.0514. The fraction of sp³-hybridized carbons (Fsp3) is 0.250. The van der Waals surface area contributed by atoms with Crippen molar-refractivity contribution in [1.29, 1.82) is 0 Å². The molecule has 3 aromatic rings. The Morgan fingerprint density at radius 3 is 2.91 bits per heavy atom. The molecule has 0 saturated heterocycles. The van der Waals surface area contributed by atoms with E-state index in [-0.39, 0.29) is 6.61 Å². The number of carbonyl (C=O) groups excluding carboxylic acids is 1. The van der Waals surface area contributed by atoms with E-state index < -0.39 is 5.97 Å². The second-order valence-electron chi connectivity index (χ2n) is 4.84. The number of ether oxygens (including phenoxy) is 2. The van der Waals surface area contributed by atoms with Crippen molar-refractivity contribution in [2.75, 3.05) is 13.7 Å². The molecule has 0 amide bonds. The summed E-state index contributed by atoms with van der Waals surface area (Å²) in [5.41, 5.74) is 2.89. The quantitative estimate of drug-likeness (QED) is 0.716. The molecule has 1 aromatic carbocycles. The molecule has 0 spiro atoms. The lowest BCUT2D eigenvalue weighted by atomic mass is 10.1. The second-order valence-corrected chi connectivity index (χ2v) is 5.76. The van der Waals surface area contributed by atoms with Gasteiger partial charge in [-0.1, -0.05) is 15.9 Å². The predicted molar refractivity (Wildman–Crippen MR) is 88.0 cm³/mol. The molecule has 0 radical (unpaired) electrons. The number of esters is 1. The summed E-state index contributed by atoms with van der Waals surface area (Å²) in [4.78, 5) is 19.7. The van der Waals surface area contributed by atoms with Gasteiger partial charge in [0.1, 0.15) is 0 Å². The zero-order valence-corrected chi connectivity index (χ0v) is 13.9. The summed E-state index contributed by atoms with van der Waals surface area (Å²) in [6.07, 6.45) is 1.66. The topological polar surface area (TPSA) is 64.2 Å². The number of fused-ring (bicyclic) bond motifs is 3. The van der Waals surface area contributed by atoms with E-state index in [0.29, 0.717) is 12.3 Å². The highest BCUT2D eigenvalue weighted by Crippen LogP contribution is 2.32. The van der Waals surface area contributed by atoms with Crippen LogP contribution in [0.15, 0.2) is 28.9 Å². The van der Waals surface area contributed by atoms with Crippen LogP contribution in [0.3, 0.4) is 0 Å². The largest absolute Gasteiger partial charge is 0.461 e. The lowest BCUT2D eigenvalue weighted by Crippen LogP contribution is -2.11. The Morgan fingerprint density at radius 1 is 1.36 bits per heavy atom. The number of rotatable bonds is 4. The summed E-state index contributed by atoms with van der Waals surface area (Å²) in [5, 5.41) is 1.96. The molecular weight excluding hydrogens is 348 g/mol. The molecule has 0 saturated carbocycles. The van der Waals surface area contributed by atoms with Crippen molar-refractivity contribution < 1.29 is 14.3 Å². The summed E-state index contributed by atoms with van der Waals surface area (Å²) >= 11 is 3.49. The van der Waals surface area contributed by atoms with Gasteiger partial charge in [0.15, 0.2) is 5.69 Å².